The van der Waals surface area contributed by atoms with E-state index in [4.69, 9.17) is 10.5 Å². The highest BCUT2D eigenvalue weighted by molar-refractivity contribution is 7.17. The fourth-order valence-electron chi connectivity index (χ4n) is 5.37. The number of hydrogen-bond donors (Lipinski definition) is 6. The van der Waals surface area contributed by atoms with Gasteiger partial charge in [-0.05, 0) is 39.9 Å². The van der Waals surface area contributed by atoms with E-state index in [-0.39, 0.29) is 26.0 Å². The number of fused-ring (bicyclic) bond motifs is 1. The van der Waals surface area contributed by atoms with E-state index in [1.807, 2.05) is 90.3 Å². The molecule has 0 aliphatic heterocycles. The number of aromatic amines is 1. The molecule has 5 rings (SSSR count). The predicted octanol–water partition coefficient (Wildman–Crippen LogP) is 3.21. The van der Waals surface area contributed by atoms with E-state index in [9.17, 15) is 19.5 Å². The number of carbonyl (C=O) groups excluding carboxylic acids is 2. The molecule has 0 fully saturated rings. The van der Waals surface area contributed by atoms with Gasteiger partial charge >= 0.3 is 5.97 Å². The topological polar surface area (TPSA) is 171 Å². The number of aromatic nitrogens is 2. The summed E-state index contributed by atoms with van der Waals surface area (Å²) in [6, 6.07) is 23.7. The molecule has 0 aliphatic carbocycles. The fourth-order valence-corrected chi connectivity index (χ4v) is 6.35. The van der Waals surface area contributed by atoms with Crippen LogP contribution in [0.3, 0.4) is 0 Å². The quantitative estimate of drug-likeness (QED) is 0.0827. The van der Waals surface area contributed by atoms with Crippen molar-refractivity contribution in [2.45, 2.75) is 50.0 Å². The molecule has 7 N–H and O–H groups in total. The Bertz CT molecular complexity index is 1750. The van der Waals surface area contributed by atoms with E-state index in [0.717, 1.165) is 26.8 Å². The van der Waals surface area contributed by atoms with Crippen LogP contribution in [0, 0.1) is 0 Å². The number of nitrogens with zero attached hydrogens (tertiary/aromatic N) is 1. The van der Waals surface area contributed by atoms with Gasteiger partial charge in [-0.15, -0.1) is 11.3 Å². The molecule has 2 heterocycles. The van der Waals surface area contributed by atoms with Crippen molar-refractivity contribution >= 4 is 39.2 Å². The third-order valence-corrected chi connectivity index (χ3v) is 8.94. The van der Waals surface area contributed by atoms with Gasteiger partial charge in [-0.3, -0.25) is 14.4 Å². The molecular weight excluding hydrogens is 629 g/mol. The van der Waals surface area contributed by atoms with Gasteiger partial charge in [0.1, 0.15) is 18.1 Å². The van der Waals surface area contributed by atoms with Crippen LogP contribution < -0.4 is 21.7 Å². The van der Waals surface area contributed by atoms with Crippen molar-refractivity contribution in [2.24, 2.45) is 5.73 Å². The van der Waals surface area contributed by atoms with Crippen LogP contribution in [0.4, 0.5) is 0 Å². The number of nitrogens with one attached hydrogen (secondary N) is 4. The van der Waals surface area contributed by atoms with Gasteiger partial charge in [-0.25, -0.2) is 4.98 Å². The lowest BCUT2D eigenvalue weighted by Crippen LogP contribution is -2.57. The highest BCUT2D eigenvalue weighted by atomic mass is 32.1. The summed E-state index contributed by atoms with van der Waals surface area (Å²) in [4.78, 5) is 46.4. The molecule has 11 nitrogen and oxygen atoms in total. The van der Waals surface area contributed by atoms with E-state index >= 15 is 0 Å². The minimum Gasteiger partial charge on any atom is -0.480 e. The number of aliphatic carboxylic acids is 1. The Hall–Kier alpha value is -4.88. The summed E-state index contributed by atoms with van der Waals surface area (Å²) >= 11 is 1.57. The number of hydrogen-bond acceptors (Lipinski definition) is 8. The van der Waals surface area contributed by atoms with Crippen LogP contribution >= 0.6 is 11.3 Å². The van der Waals surface area contributed by atoms with Gasteiger partial charge in [0.05, 0.1) is 19.5 Å². The molecular formula is C36H40N6O5S. The molecule has 0 saturated heterocycles. The number of carboxylic acid groups (broad SMARTS) is 1. The number of H-pyrrole nitrogens is 1. The number of nitrogens with two attached hydrogens (primary N) is 1. The normalized spacial score (nSPS) is 13.8. The largest absolute Gasteiger partial charge is 0.480 e. The summed E-state index contributed by atoms with van der Waals surface area (Å²) in [6.07, 6.45) is 3.95. The molecule has 3 aromatic carbocycles. The summed E-state index contributed by atoms with van der Waals surface area (Å²) in [5.41, 5.74) is 9.74. The summed E-state index contributed by atoms with van der Waals surface area (Å²) in [5, 5.41) is 22.0. The van der Waals surface area contributed by atoms with Crippen molar-refractivity contribution in [3.8, 4) is 0 Å². The molecule has 5 aromatic rings. The molecule has 48 heavy (non-hydrogen) atoms. The Labute approximate surface area is 282 Å². The SMILES string of the molecule is NC(COCc1ccccc1)C(=O)N[C@@H](Cc1csc2ccccc12)C(=O)N[C@@H](CN[C@@H](Cc1cnc[nH]1)C(=O)O)Cc1ccccc1. The van der Waals surface area contributed by atoms with Crippen molar-refractivity contribution in [2.75, 3.05) is 13.2 Å². The Morgan fingerprint density at radius 3 is 2.27 bits per heavy atom. The van der Waals surface area contributed by atoms with Gasteiger partial charge in [-0.1, -0.05) is 78.9 Å². The summed E-state index contributed by atoms with van der Waals surface area (Å²) < 4.78 is 6.78. The standard InChI is InChI=1S/C36H40N6O5S/c37-30(21-47-20-25-11-5-2-6-12-25)34(43)42-31(16-26-22-48-33-14-8-7-13-29(26)33)35(44)41-28(15-24-9-3-1-4-10-24)19-39-32(36(45)46)17-27-18-38-23-40-27/h1-14,18,22-23,28,30-32,39H,15-17,19-21,37H2,(H,38,40)(H,41,44)(H,42,43)(H,45,46)/t28-,30?,31+,32+/m1/s1. The first kappa shape index (κ1) is 34.5. The van der Waals surface area contributed by atoms with E-state index < -0.39 is 42.0 Å². The zero-order valence-corrected chi connectivity index (χ0v) is 27.2. The summed E-state index contributed by atoms with van der Waals surface area (Å²) in [6.45, 7) is 0.447. The lowest BCUT2D eigenvalue weighted by Gasteiger charge is -2.26. The van der Waals surface area contributed by atoms with Gasteiger partial charge in [0.25, 0.3) is 0 Å². The molecule has 4 atom stereocenters. The maximum Gasteiger partial charge on any atom is 0.321 e. The monoisotopic (exact) mass is 668 g/mol. The molecule has 0 spiro atoms. The van der Waals surface area contributed by atoms with Crippen LogP contribution in [0.15, 0.2) is 103 Å². The second-order valence-corrected chi connectivity index (χ2v) is 12.5. The van der Waals surface area contributed by atoms with Crippen molar-refractivity contribution in [1.29, 1.82) is 0 Å². The first-order chi connectivity index (χ1) is 23.4. The second-order valence-electron chi connectivity index (χ2n) is 11.6. The smallest absolute Gasteiger partial charge is 0.321 e. The van der Waals surface area contributed by atoms with E-state index in [1.54, 1.807) is 17.5 Å². The van der Waals surface area contributed by atoms with Crippen molar-refractivity contribution in [3.05, 3.63) is 125 Å². The predicted molar refractivity (Wildman–Crippen MR) is 185 cm³/mol. The maximum absolute atomic E-state index is 14.0. The Morgan fingerprint density at radius 2 is 1.56 bits per heavy atom. The first-order valence-corrected chi connectivity index (χ1v) is 16.6. The van der Waals surface area contributed by atoms with Gasteiger partial charge < -0.3 is 36.5 Å². The summed E-state index contributed by atoms with van der Waals surface area (Å²) in [7, 11) is 0. The highest BCUT2D eigenvalue weighted by Crippen LogP contribution is 2.26. The summed E-state index contributed by atoms with van der Waals surface area (Å²) in [5.74, 6) is -1.93. The Morgan fingerprint density at radius 1 is 0.854 bits per heavy atom. The van der Waals surface area contributed by atoms with Crippen molar-refractivity contribution in [1.82, 2.24) is 25.9 Å². The van der Waals surface area contributed by atoms with Crippen LogP contribution in [0.25, 0.3) is 10.1 Å². The highest BCUT2D eigenvalue weighted by Gasteiger charge is 2.28. The minimum atomic E-state index is -1.02. The molecule has 250 valence electrons. The van der Waals surface area contributed by atoms with Crippen LogP contribution in [0.2, 0.25) is 0 Å². The molecule has 0 saturated carbocycles. The van der Waals surface area contributed by atoms with E-state index in [0.29, 0.717) is 18.7 Å². The lowest BCUT2D eigenvalue weighted by atomic mass is 10.0. The van der Waals surface area contributed by atoms with E-state index in [2.05, 4.69) is 25.9 Å². The number of imidazole rings is 1. The molecule has 12 heteroatoms. The molecule has 0 aliphatic rings. The third kappa shape index (κ3) is 10.1. The lowest BCUT2D eigenvalue weighted by molar-refractivity contribution is -0.139. The number of amides is 2. The van der Waals surface area contributed by atoms with Gasteiger partial charge in [0.2, 0.25) is 11.8 Å². The zero-order chi connectivity index (χ0) is 33.7. The van der Waals surface area contributed by atoms with Crippen LogP contribution in [-0.4, -0.2) is 70.2 Å². The average molecular weight is 669 g/mol. The van der Waals surface area contributed by atoms with Crippen LogP contribution in [0.5, 0.6) is 0 Å². The molecule has 2 aromatic heterocycles. The van der Waals surface area contributed by atoms with Crippen LogP contribution in [-0.2, 0) is 45.0 Å². The van der Waals surface area contributed by atoms with Gasteiger partial charge in [0.15, 0.2) is 0 Å². The number of thiophene rings is 1. The molecule has 2 amide bonds. The minimum absolute atomic E-state index is 0.0239. The number of carboxylic acids is 1. The fraction of sp³-hybridized carbons (Fsp3) is 0.278. The van der Waals surface area contributed by atoms with Crippen molar-refractivity contribution in [3.63, 3.8) is 0 Å². The number of benzene rings is 3. The first-order valence-electron chi connectivity index (χ1n) is 15.8. The number of carbonyl (C=O) groups is 3. The maximum atomic E-state index is 14.0. The number of ether oxygens (including phenoxy) is 1. The van der Waals surface area contributed by atoms with E-state index in [1.165, 1.54) is 6.33 Å². The van der Waals surface area contributed by atoms with Gasteiger partial charge in [-0.2, -0.15) is 0 Å². The zero-order valence-electron chi connectivity index (χ0n) is 26.4. The van der Waals surface area contributed by atoms with Gasteiger partial charge in [0, 0.05) is 42.0 Å². The Kier molecular flexibility index (Phi) is 12.4. The second kappa shape index (κ2) is 17.3. The van der Waals surface area contributed by atoms with Crippen LogP contribution in [0.1, 0.15) is 22.4 Å². The van der Waals surface area contributed by atoms with Crippen molar-refractivity contribution < 1.29 is 24.2 Å². The number of rotatable bonds is 18. The molecule has 0 radical (unpaired) electrons. The molecule has 0 bridgehead atoms. The Balaban J connectivity index is 1.30. The third-order valence-electron chi connectivity index (χ3n) is 7.92. The molecule has 1 unspecified atom stereocenters. The average Bonchev–Trinajstić information content (AvgIpc) is 3.77.